The van der Waals surface area contributed by atoms with Crippen LogP contribution in [-0.4, -0.2) is 74.9 Å². The lowest BCUT2D eigenvalue weighted by Gasteiger charge is -2.24. The number of quaternary nitrogens is 1. The fourth-order valence-electron chi connectivity index (χ4n) is 8.37. The Morgan fingerprint density at radius 3 is 1.05 bits per heavy atom. The van der Waals surface area contributed by atoms with Gasteiger partial charge in [0, 0.05) is 12.8 Å². The van der Waals surface area contributed by atoms with E-state index in [0.29, 0.717) is 17.4 Å². The largest absolute Gasteiger partial charge is 0.472 e. The van der Waals surface area contributed by atoms with Crippen LogP contribution in [-0.2, 0) is 32.7 Å². The van der Waals surface area contributed by atoms with E-state index in [9.17, 15) is 19.0 Å². The predicted molar refractivity (Wildman–Crippen MR) is 353 cm³/mol. The van der Waals surface area contributed by atoms with Gasteiger partial charge in [-0.1, -0.05) is 256 Å². The number of hydrogen-bond donors (Lipinski definition) is 1. The Morgan fingerprint density at radius 1 is 0.390 bits per heavy atom. The molecule has 2 atom stereocenters. The Labute approximate surface area is 503 Å². The van der Waals surface area contributed by atoms with E-state index >= 15 is 0 Å². The Balaban J connectivity index is 4.19. The molecule has 0 aliphatic rings. The molecule has 0 fully saturated rings. The zero-order chi connectivity index (χ0) is 59.8. The van der Waals surface area contributed by atoms with Crippen LogP contribution in [0.2, 0.25) is 0 Å². The SMILES string of the molecule is CC/C=C\C/C=C\C/C=C\C/C=C\C/C=C\C/C=C\C/C=C\C/C=C\C/C=C\C/C=C\C/C=C\CCCCCCCC(=O)OC(COC(=O)CCCCCCCCCCC/C=C\CCCCCCCC)COP(=O)(O)OCC[N+](C)(C)C. The lowest BCUT2D eigenvalue weighted by Crippen LogP contribution is -2.37. The number of rotatable bonds is 58. The van der Waals surface area contributed by atoms with Crippen LogP contribution in [0, 0.1) is 0 Å². The van der Waals surface area contributed by atoms with Crippen LogP contribution < -0.4 is 0 Å². The van der Waals surface area contributed by atoms with Gasteiger partial charge >= 0.3 is 19.8 Å². The van der Waals surface area contributed by atoms with Gasteiger partial charge in [-0.15, -0.1) is 0 Å². The van der Waals surface area contributed by atoms with Crippen molar-refractivity contribution in [1.29, 1.82) is 0 Å². The second-order valence-corrected chi connectivity index (χ2v) is 23.9. The van der Waals surface area contributed by atoms with E-state index in [4.69, 9.17) is 18.5 Å². The molecule has 0 aromatic heterocycles. The number of hydrogen-bond acceptors (Lipinski definition) is 7. The van der Waals surface area contributed by atoms with Crippen LogP contribution in [0.15, 0.2) is 146 Å². The topological polar surface area (TPSA) is 108 Å². The molecular weight excluding hydrogens is 1040 g/mol. The highest BCUT2D eigenvalue weighted by Crippen LogP contribution is 2.43. The van der Waals surface area contributed by atoms with E-state index in [-0.39, 0.29) is 32.0 Å². The Bertz CT molecular complexity index is 1890. The first-order chi connectivity index (χ1) is 40.0. The van der Waals surface area contributed by atoms with Crippen LogP contribution in [0.3, 0.4) is 0 Å². The van der Waals surface area contributed by atoms with Crippen molar-refractivity contribution >= 4 is 19.8 Å². The third-order valence-corrected chi connectivity index (χ3v) is 14.3. The predicted octanol–water partition coefficient (Wildman–Crippen LogP) is 21.0. The molecule has 0 bridgehead atoms. The van der Waals surface area contributed by atoms with Crippen molar-refractivity contribution in [2.45, 2.75) is 251 Å². The van der Waals surface area contributed by atoms with Gasteiger partial charge in [0.1, 0.15) is 19.8 Å². The van der Waals surface area contributed by atoms with E-state index in [1.807, 2.05) is 21.1 Å². The summed E-state index contributed by atoms with van der Waals surface area (Å²) in [5, 5.41) is 0. The van der Waals surface area contributed by atoms with E-state index in [1.165, 1.54) is 89.9 Å². The summed E-state index contributed by atoms with van der Waals surface area (Å²) in [7, 11) is 1.45. The minimum atomic E-state index is -4.40. The quantitative estimate of drug-likeness (QED) is 0.0211. The third-order valence-electron chi connectivity index (χ3n) is 13.4. The number of carbonyl (C=O) groups is 2. The summed E-state index contributed by atoms with van der Waals surface area (Å²) in [6, 6.07) is 0. The molecule has 10 heteroatoms. The maximum atomic E-state index is 12.8. The van der Waals surface area contributed by atoms with E-state index in [0.717, 1.165) is 122 Å². The average molecular weight is 1160 g/mol. The zero-order valence-corrected chi connectivity index (χ0v) is 53.8. The summed E-state index contributed by atoms with van der Waals surface area (Å²) in [6.07, 6.45) is 90.7. The number of ether oxygens (including phenoxy) is 2. The molecule has 0 heterocycles. The fourth-order valence-corrected chi connectivity index (χ4v) is 9.11. The molecule has 0 aromatic rings. The zero-order valence-electron chi connectivity index (χ0n) is 52.9. The van der Waals surface area contributed by atoms with Gasteiger partial charge in [0.15, 0.2) is 6.10 Å². The molecule has 0 aliphatic carbocycles. The van der Waals surface area contributed by atoms with Crippen LogP contribution >= 0.6 is 7.82 Å². The Morgan fingerprint density at radius 2 is 0.695 bits per heavy atom. The lowest BCUT2D eigenvalue weighted by atomic mass is 10.1. The molecule has 1 N–H and O–H groups in total. The molecule has 0 saturated heterocycles. The molecule has 2 unspecified atom stereocenters. The van der Waals surface area contributed by atoms with Crippen LogP contribution in [0.1, 0.15) is 245 Å². The minimum Gasteiger partial charge on any atom is -0.462 e. The molecule has 9 nitrogen and oxygen atoms in total. The number of carbonyl (C=O) groups excluding carboxylic acids is 2. The molecule has 0 spiro atoms. The van der Waals surface area contributed by atoms with Crippen molar-refractivity contribution in [1.82, 2.24) is 0 Å². The van der Waals surface area contributed by atoms with Crippen molar-refractivity contribution in [3.63, 3.8) is 0 Å². The Hall–Kier alpha value is -4.11. The standard InChI is InChI=1S/C72H120NO8P/c1-6-8-10-12-14-16-18-20-22-24-26-27-28-29-30-31-32-33-34-35-36-37-38-39-40-41-42-43-44-45-47-49-51-53-55-57-59-61-63-65-72(75)81-70(69-80-82(76,77)79-67-66-73(3,4)5)68-78-71(74)64-62-60-58-56-54-52-50-48-46-25-23-21-19-17-15-13-11-9-7-2/h8,10,14,16,20-23,26-27,29-30,32-33,35-36,38-39,41-42,44-45,49,51,70H,6-7,9,11-13,15,17-19,24-25,28,31,34,37,40,43,46-48,50,52-69H2,1-5H3/p+1/b10-8-,16-14-,22-20-,23-21-,27-26-,30-29-,33-32-,36-35-,39-38-,42-41-,45-44-,51-49-. The maximum absolute atomic E-state index is 12.8. The summed E-state index contributed by atoms with van der Waals surface area (Å²) in [5.74, 6) is -0.828. The number of likely N-dealkylation sites (N-methyl/N-ethyl adjacent to an activating group) is 1. The molecule has 0 aliphatic heterocycles. The summed E-state index contributed by atoms with van der Waals surface area (Å²) in [4.78, 5) is 35.8. The van der Waals surface area contributed by atoms with Crippen LogP contribution in [0.25, 0.3) is 0 Å². The molecular formula is C72H121NO8P+. The Kier molecular flexibility index (Phi) is 58.4. The van der Waals surface area contributed by atoms with Crippen molar-refractivity contribution in [3.8, 4) is 0 Å². The first-order valence-corrected chi connectivity index (χ1v) is 34.1. The van der Waals surface area contributed by atoms with Crippen molar-refractivity contribution in [2.75, 3.05) is 47.5 Å². The van der Waals surface area contributed by atoms with E-state index < -0.39 is 26.5 Å². The number of unbranched alkanes of at least 4 members (excludes halogenated alkanes) is 20. The molecule has 0 amide bonds. The lowest BCUT2D eigenvalue weighted by molar-refractivity contribution is -0.870. The summed E-state index contributed by atoms with van der Waals surface area (Å²) < 4.78 is 34.6. The van der Waals surface area contributed by atoms with Gasteiger partial charge in [0.05, 0.1) is 27.7 Å². The number of nitrogens with zero attached hydrogens (tertiary/aromatic N) is 1. The number of esters is 2. The van der Waals surface area contributed by atoms with Gasteiger partial charge in [-0.3, -0.25) is 18.6 Å². The molecule has 466 valence electrons. The first kappa shape index (κ1) is 77.9. The van der Waals surface area contributed by atoms with Gasteiger partial charge in [-0.05, 0) is 122 Å². The van der Waals surface area contributed by atoms with Crippen molar-refractivity contribution in [2.24, 2.45) is 0 Å². The van der Waals surface area contributed by atoms with Gasteiger partial charge in [0.2, 0.25) is 0 Å². The highest BCUT2D eigenvalue weighted by atomic mass is 31.2. The number of phosphoric ester groups is 1. The van der Waals surface area contributed by atoms with Gasteiger partial charge in [0.25, 0.3) is 0 Å². The second-order valence-electron chi connectivity index (χ2n) is 22.4. The van der Waals surface area contributed by atoms with Crippen molar-refractivity contribution in [3.05, 3.63) is 146 Å². The molecule has 0 rings (SSSR count). The summed E-state index contributed by atoms with van der Waals surface area (Å²) >= 11 is 0. The van der Waals surface area contributed by atoms with E-state index in [2.05, 4.69) is 160 Å². The third kappa shape index (κ3) is 65.0. The number of allylic oxidation sites excluding steroid dienone is 24. The van der Waals surface area contributed by atoms with Crippen LogP contribution in [0.5, 0.6) is 0 Å². The minimum absolute atomic E-state index is 0.0202. The second kappa shape index (κ2) is 61.5. The average Bonchev–Trinajstić information content (AvgIpc) is 3.46. The van der Waals surface area contributed by atoms with Gasteiger partial charge in [-0.25, -0.2) is 4.57 Å². The molecule has 0 radical (unpaired) electrons. The van der Waals surface area contributed by atoms with Crippen molar-refractivity contribution < 1.29 is 42.1 Å². The smallest absolute Gasteiger partial charge is 0.462 e. The number of phosphoric acid groups is 1. The highest BCUT2D eigenvalue weighted by molar-refractivity contribution is 7.47. The summed E-state index contributed by atoms with van der Waals surface area (Å²) in [6.45, 7) is 4.28. The van der Waals surface area contributed by atoms with Gasteiger partial charge < -0.3 is 18.9 Å². The highest BCUT2D eigenvalue weighted by Gasteiger charge is 2.27. The van der Waals surface area contributed by atoms with E-state index in [1.54, 1.807) is 0 Å². The molecule has 0 aromatic carbocycles. The van der Waals surface area contributed by atoms with Crippen LogP contribution in [0.4, 0.5) is 0 Å². The monoisotopic (exact) mass is 1160 g/mol. The maximum Gasteiger partial charge on any atom is 0.472 e. The molecule has 82 heavy (non-hydrogen) atoms. The van der Waals surface area contributed by atoms with Gasteiger partial charge in [-0.2, -0.15) is 0 Å². The first-order valence-electron chi connectivity index (χ1n) is 32.6. The molecule has 0 saturated carbocycles. The summed E-state index contributed by atoms with van der Waals surface area (Å²) in [5.41, 5.74) is 0. The fraction of sp³-hybridized carbons (Fsp3) is 0.639. The normalized spacial score (nSPS) is 14.2.